The van der Waals surface area contributed by atoms with E-state index in [9.17, 15) is 14.4 Å². The van der Waals surface area contributed by atoms with Crippen molar-refractivity contribution < 1.29 is 33.3 Å². The van der Waals surface area contributed by atoms with E-state index >= 15 is 0 Å². The first-order valence-electron chi connectivity index (χ1n) is 17.3. The van der Waals surface area contributed by atoms with Gasteiger partial charge in [-0.3, -0.25) is 4.79 Å². The summed E-state index contributed by atoms with van der Waals surface area (Å²) in [7, 11) is 1.61. The summed E-state index contributed by atoms with van der Waals surface area (Å²) in [6.45, 7) is 12.1. The Bertz CT molecular complexity index is 1440. The van der Waals surface area contributed by atoms with Crippen molar-refractivity contribution in [3.05, 3.63) is 23.9 Å². The van der Waals surface area contributed by atoms with E-state index in [2.05, 4.69) is 5.32 Å². The number of aryl methyl sites for hydroxylation is 1. The molecule has 6 atom stereocenters. The molecule has 2 fully saturated rings. The summed E-state index contributed by atoms with van der Waals surface area (Å²) in [4.78, 5) is 53.0. The van der Waals surface area contributed by atoms with Crippen LogP contribution < -0.4 is 14.8 Å². The number of carbonyl (C=O) groups excluding carboxylic acids is 3. The highest BCUT2D eigenvalue weighted by molar-refractivity contribution is 5.91. The molecule has 47 heavy (non-hydrogen) atoms. The van der Waals surface area contributed by atoms with Gasteiger partial charge >= 0.3 is 12.1 Å². The molecule has 3 aliphatic rings. The molecule has 1 N–H and O–H groups in total. The lowest BCUT2D eigenvalue weighted by Crippen LogP contribution is -2.57. The van der Waals surface area contributed by atoms with E-state index in [1.54, 1.807) is 12.0 Å². The number of hydrogen-bond acceptors (Lipinski definition) is 9. The predicted molar refractivity (Wildman–Crippen MR) is 177 cm³/mol. The lowest BCUT2D eigenvalue weighted by atomic mass is 9.85. The van der Waals surface area contributed by atoms with E-state index in [0.717, 1.165) is 49.7 Å². The van der Waals surface area contributed by atoms with Gasteiger partial charge in [0.1, 0.15) is 35.7 Å². The third kappa shape index (κ3) is 8.27. The van der Waals surface area contributed by atoms with E-state index in [1.165, 1.54) is 0 Å². The van der Waals surface area contributed by atoms with E-state index in [-0.39, 0.29) is 37.0 Å². The minimum Gasteiger partial charge on any atom is -0.497 e. The number of benzene rings is 1. The quantitative estimate of drug-likeness (QED) is 0.382. The van der Waals surface area contributed by atoms with Crippen LogP contribution in [-0.2, 0) is 25.5 Å². The first-order valence-corrected chi connectivity index (χ1v) is 17.3. The van der Waals surface area contributed by atoms with Crippen molar-refractivity contribution in [2.45, 2.75) is 117 Å². The summed E-state index contributed by atoms with van der Waals surface area (Å²) < 4.78 is 23.8. The molecule has 0 radical (unpaired) electrons. The predicted octanol–water partition coefficient (Wildman–Crippen LogP) is 5.86. The topological polar surface area (TPSA) is 129 Å². The van der Waals surface area contributed by atoms with Crippen LogP contribution in [0.25, 0.3) is 11.0 Å². The Morgan fingerprint density at radius 1 is 1.09 bits per heavy atom. The fourth-order valence-corrected chi connectivity index (χ4v) is 6.77. The van der Waals surface area contributed by atoms with Gasteiger partial charge in [-0.15, -0.1) is 0 Å². The molecular weight excluding hydrogens is 600 g/mol. The molecule has 6 unspecified atom stereocenters. The summed E-state index contributed by atoms with van der Waals surface area (Å²) in [5.74, 6) is 0.343. The van der Waals surface area contributed by atoms with Gasteiger partial charge < -0.3 is 29.2 Å². The van der Waals surface area contributed by atoms with Gasteiger partial charge in [0.25, 0.3) is 0 Å². The van der Waals surface area contributed by atoms with Crippen LogP contribution in [0.15, 0.2) is 18.2 Å². The van der Waals surface area contributed by atoms with E-state index < -0.39 is 35.7 Å². The van der Waals surface area contributed by atoms with E-state index in [0.29, 0.717) is 35.9 Å². The largest absolute Gasteiger partial charge is 0.497 e. The fourth-order valence-electron chi connectivity index (χ4n) is 6.77. The molecule has 1 aliphatic carbocycles. The number of amides is 2. The number of alkyl carbamates (subject to hydrolysis) is 1. The number of rotatable bonds is 6. The van der Waals surface area contributed by atoms with Crippen molar-refractivity contribution in [1.29, 1.82) is 0 Å². The number of fused-ring (bicyclic) bond motifs is 5. The van der Waals surface area contributed by atoms with Crippen molar-refractivity contribution in [2.24, 2.45) is 23.2 Å². The lowest BCUT2D eigenvalue weighted by Gasteiger charge is -2.35. The first-order chi connectivity index (χ1) is 22.4. The monoisotopic (exact) mass is 652 g/mol. The Labute approximate surface area is 278 Å². The Hall–Kier alpha value is -3.63. The van der Waals surface area contributed by atoms with Crippen LogP contribution in [-0.4, -0.2) is 77.4 Å². The molecule has 0 spiro atoms. The second kappa shape index (κ2) is 14.6. The normalized spacial score (nSPS) is 27.1. The highest BCUT2D eigenvalue weighted by Gasteiger charge is 2.52. The SMILES string of the molecule is CCCC1C2CN(C(=O)C(C(C)(C)C)NC(=O)OC3CC3CCCCCc3nc4ccc(OC)cc4nc3O2)C1C(=O)OCC(C)C. The van der Waals surface area contributed by atoms with Gasteiger partial charge in [-0.2, -0.15) is 0 Å². The standard InChI is InChI=1S/C36H52N4O7/c1-8-12-24-29-19-40(30(24)34(42)45-20-21(2)3)33(41)31(36(4,5)6)39-35(43)47-28-17-22(28)13-10-9-11-14-26-32(46-29)38-27-18-23(44-7)15-16-25(27)37-26/h15-16,18,21-22,24,28-31H,8-14,17,19-20H2,1-7H3,(H,39,43). The molecule has 3 heterocycles. The Morgan fingerprint density at radius 3 is 2.57 bits per heavy atom. The average molecular weight is 653 g/mol. The smallest absolute Gasteiger partial charge is 0.408 e. The number of hydrogen-bond donors (Lipinski definition) is 1. The third-order valence-corrected chi connectivity index (χ3v) is 9.45. The van der Waals surface area contributed by atoms with Crippen molar-refractivity contribution in [3.8, 4) is 11.6 Å². The van der Waals surface area contributed by atoms with Gasteiger partial charge in [-0.05, 0) is 61.5 Å². The van der Waals surface area contributed by atoms with Crippen LogP contribution in [0, 0.1) is 23.2 Å². The van der Waals surface area contributed by atoms with Crippen LogP contribution in [0.3, 0.4) is 0 Å². The molecule has 2 aromatic rings. The zero-order valence-corrected chi connectivity index (χ0v) is 29.0. The molecule has 1 saturated carbocycles. The highest BCUT2D eigenvalue weighted by atomic mass is 16.6. The second-order valence-electron chi connectivity index (χ2n) is 14.9. The van der Waals surface area contributed by atoms with Crippen molar-refractivity contribution >= 4 is 29.0 Å². The van der Waals surface area contributed by atoms with Gasteiger partial charge in [-0.1, -0.05) is 60.8 Å². The minimum atomic E-state index is -0.934. The Kier molecular flexibility index (Phi) is 10.8. The Morgan fingerprint density at radius 2 is 1.87 bits per heavy atom. The van der Waals surface area contributed by atoms with Gasteiger partial charge in [0, 0.05) is 12.0 Å². The molecule has 1 saturated heterocycles. The first kappa shape index (κ1) is 34.7. The molecule has 11 heteroatoms. The highest BCUT2D eigenvalue weighted by Crippen LogP contribution is 2.39. The van der Waals surface area contributed by atoms with E-state index in [1.807, 2.05) is 59.7 Å². The van der Waals surface area contributed by atoms with Gasteiger partial charge in [0.05, 0.1) is 31.3 Å². The van der Waals surface area contributed by atoms with Gasteiger partial charge in [0.2, 0.25) is 11.8 Å². The number of carbonyl (C=O) groups is 3. The summed E-state index contributed by atoms with van der Waals surface area (Å²) in [6, 6.07) is 3.78. The molecule has 258 valence electrons. The van der Waals surface area contributed by atoms with Crippen LogP contribution in [0.2, 0.25) is 0 Å². The number of nitrogens with zero attached hydrogens (tertiary/aromatic N) is 3. The number of ether oxygens (including phenoxy) is 4. The number of aromatic nitrogens is 2. The zero-order chi connectivity index (χ0) is 33.9. The molecule has 11 nitrogen and oxygen atoms in total. The van der Waals surface area contributed by atoms with E-state index in [4.69, 9.17) is 28.9 Å². The van der Waals surface area contributed by atoms with Gasteiger partial charge in [-0.25, -0.2) is 19.6 Å². The lowest BCUT2D eigenvalue weighted by molar-refractivity contribution is -0.157. The Balaban J connectivity index is 1.57. The molecule has 2 bridgehead atoms. The molecule has 5 rings (SSSR count). The maximum Gasteiger partial charge on any atom is 0.408 e. The minimum absolute atomic E-state index is 0.126. The third-order valence-electron chi connectivity index (χ3n) is 9.45. The molecule has 1 aromatic heterocycles. The van der Waals surface area contributed by atoms with Crippen LogP contribution in [0.1, 0.15) is 92.2 Å². The van der Waals surface area contributed by atoms with Crippen LogP contribution in [0.5, 0.6) is 11.6 Å². The van der Waals surface area contributed by atoms with Crippen molar-refractivity contribution in [2.75, 3.05) is 20.3 Å². The van der Waals surface area contributed by atoms with Crippen LogP contribution >= 0.6 is 0 Å². The summed E-state index contributed by atoms with van der Waals surface area (Å²) >= 11 is 0. The van der Waals surface area contributed by atoms with Crippen LogP contribution in [0.4, 0.5) is 4.79 Å². The van der Waals surface area contributed by atoms with Gasteiger partial charge in [0.15, 0.2) is 0 Å². The van der Waals surface area contributed by atoms with Crippen molar-refractivity contribution in [1.82, 2.24) is 20.2 Å². The fraction of sp³-hybridized carbons (Fsp3) is 0.694. The maximum absolute atomic E-state index is 14.5. The number of nitrogens with one attached hydrogen (secondary N) is 1. The zero-order valence-electron chi connectivity index (χ0n) is 29.0. The summed E-state index contributed by atoms with van der Waals surface area (Å²) in [5.41, 5.74) is 1.49. The molecule has 1 aromatic carbocycles. The average Bonchev–Trinajstić information content (AvgIpc) is 3.66. The molecule has 2 aliphatic heterocycles. The summed E-state index contributed by atoms with van der Waals surface area (Å²) in [6.07, 6.45) is 5.49. The number of methoxy groups -OCH3 is 1. The number of esters is 1. The second-order valence-corrected chi connectivity index (χ2v) is 14.9. The maximum atomic E-state index is 14.5. The molecule has 2 amide bonds. The summed E-state index contributed by atoms with van der Waals surface area (Å²) in [5, 5.41) is 2.87. The van der Waals surface area contributed by atoms with Crippen molar-refractivity contribution in [3.63, 3.8) is 0 Å². The molecular formula is C36H52N4O7.